The quantitative estimate of drug-likeness (QED) is 0.682. The van der Waals surface area contributed by atoms with Crippen LogP contribution < -0.4 is 0 Å². The Bertz CT molecular complexity index is 395. The van der Waals surface area contributed by atoms with Gasteiger partial charge in [-0.05, 0) is 34.5 Å². The maximum absolute atomic E-state index is 4.35. The first-order chi connectivity index (χ1) is 6.27. The number of aromatic nitrogens is 1. The van der Waals surface area contributed by atoms with Crippen LogP contribution >= 0.6 is 27.3 Å². The average molecular weight is 258 g/mol. The highest BCUT2D eigenvalue weighted by Gasteiger charge is 2.01. The topological polar surface area (TPSA) is 12.9 Å². The SMILES string of the molecule is CC.Cc1cccc2sc(Br)nc12. The molecule has 70 valence electrons. The third-order valence-corrected chi connectivity index (χ3v) is 3.07. The van der Waals surface area contributed by atoms with Crippen molar-refractivity contribution >= 4 is 37.5 Å². The van der Waals surface area contributed by atoms with Crippen molar-refractivity contribution in [2.45, 2.75) is 20.8 Å². The molecular formula is C10H12BrNS. The van der Waals surface area contributed by atoms with E-state index in [2.05, 4.69) is 46.0 Å². The van der Waals surface area contributed by atoms with Gasteiger partial charge in [0.15, 0.2) is 3.92 Å². The monoisotopic (exact) mass is 257 g/mol. The van der Waals surface area contributed by atoms with Gasteiger partial charge < -0.3 is 0 Å². The molecule has 13 heavy (non-hydrogen) atoms. The molecule has 1 heterocycles. The van der Waals surface area contributed by atoms with E-state index in [1.165, 1.54) is 10.3 Å². The van der Waals surface area contributed by atoms with E-state index in [0.717, 1.165) is 9.43 Å². The predicted octanol–water partition coefficient (Wildman–Crippen LogP) is 4.39. The van der Waals surface area contributed by atoms with Crippen LogP contribution in [0.15, 0.2) is 22.1 Å². The van der Waals surface area contributed by atoms with Crippen molar-refractivity contribution in [3.63, 3.8) is 0 Å². The lowest BCUT2D eigenvalue weighted by Crippen LogP contribution is -1.73. The van der Waals surface area contributed by atoms with Gasteiger partial charge in [0.25, 0.3) is 0 Å². The number of para-hydroxylation sites is 1. The highest BCUT2D eigenvalue weighted by molar-refractivity contribution is 9.11. The second-order valence-electron chi connectivity index (χ2n) is 2.39. The number of fused-ring (bicyclic) bond motifs is 1. The van der Waals surface area contributed by atoms with Crippen molar-refractivity contribution in [2.75, 3.05) is 0 Å². The van der Waals surface area contributed by atoms with E-state index in [4.69, 9.17) is 0 Å². The lowest BCUT2D eigenvalue weighted by atomic mass is 10.2. The van der Waals surface area contributed by atoms with Gasteiger partial charge in [-0.2, -0.15) is 0 Å². The van der Waals surface area contributed by atoms with E-state index >= 15 is 0 Å². The molecule has 3 heteroatoms. The second-order valence-corrected chi connectivity index (χ2v) is 4.70. The summed E-state index contributed by atoms with van der Waals surface area (Å²) in [5, 5.41) is 0. The first-order valence-corrected chi connectivity index (χ1v) is 5.90. The van der Waals surface area contributed by atoms with Crippen molar-refractivity contribution in [3.8, 4) is 0 Å². The molecule has 0 spiro atoms. The van der Waals surface area contributed by atoms with Crippen LogP contribution in [0.2, 0.25) is 0 Å². The number of aryl methyl sites for hydroxylation is 1. The van der Waals surface area contributed by atoms with E-state index in [0.29, 0.717) is 0 Å². The summed E-state index contributed by atoms with van der Waals surface area (Å²) < 4.78 is 2.21. The molecule has 0 aliphatic heterocycles. The van der Waals surface area contributed by atoms with Crippen LogP contribution in [0.25, 0.3) is 10.2 Å². The Balaban J connectivity index is 0.000000396. The van der Waals surface area contributed by atoms with Crippen LogP contribution in [0, 0.1) is 6.92 Å². The molecule has 0 saturated carbocycles. The van der Waals surface area contributed by atoms with E-state index < -0.39 is 0 Å². The number of thiazole rings is 1. The van der Waals surface area contributed by atoms with E-state index in [1.54, 1.807) is 11.3 Å². The van der Waals surface area contributed by atoms with Crippen LogP contribution in [0.3, 0.4) is 0 Å². The third-order valence-electron chi connectivity index (χ3n) is 1.59. The highest BCUT2D eigenvalue weighted by atomic mass is 79.9. The van der Waals surface area contributed by atoms with E-state index in [1.807, 2.05) is 13.8 Å². The molecule has 0 aliphatic rings. The fourth-order valence-corrected chi connectivity index (χ4v) is 2.53. The molecule has 0 unspecified atom stereocenters. The van der Waals surface area contributed by atoms with Gasteiger partial charge >= 0.3 is 0 Å². The minimum atomic E-state index is 0.960. The zero-order valence-corrected chi connectivity index (χ0v) is 10.4. The fraction of sp³-hybridized carbons (Fsp3) is 0.300. The predicted molar refractivity (Wildman–Crippen MR) is 63.4 cm³/mol. The Hall–Kier alpha value is -0.410. The van der Waals surface area contributed by atoms with Crippen molar-refractivity contribution in [1.82, 2.24) is 4.98 Å². The smallest absolute Gasteiger partial charge is 0.160 e. The zero-order valence-electron chi connectivity index (χ0n) is 7.97. The van der Waals surface area contributed by atoms with Gasteiger partial charge in [0.1, 0.15) is 0 Å². The zero-order chi connectivity index (χ0) is 9.84. The number of halogens is 1. The summed E-state index contributed by atoms with van der Waals surface area (Å²) in [6.07, 6.45) is 0. The van der Waals surface area contributed by atoms with Gasteiger partial charge in [0, 0.05) is 0 Å². The lowest BCUT2D eigenvalue weighted by molar-refractivity contribution is 1.40. The highest BCUT2D eigenvalue weighted by Crippen LogP contribution is 2.27. The summed E-state index contributed by atoms with van der Waals surface area (Å²) in [5.74, 6) is 0. The largest absolute Gasteiger partial charge is 0.229 e. The Morgan fingerprint density at radius 2 is 2.00 bits per heavy atom. The van der Waals surface area contributed by atoms with Gasteiger partial charge in [0.2, 0.25) is 0 Å². The molecule has 2 rings (SSSR count). The fourth-order valence-electron chi connectivity index (χ4n) is 1.06. The van der Waals surface area contributed by atoms with Crippen LogP contribution in [0.1, 0.15) is 19.4 Å². The molecule has 1 nitrogen and oxygen atoms in total. The van der Waals surface area contributed by atoms with Crippen molar-refractivity contribution in [1.29, 1.82) is 0 Å². The Labute approximate surface area is 90.9 Å². The van der Waals surface area contributed by atoms with Crippen LogP contribution in [-0.4, -0.2) is 4.98 Å². The molecular weight excluding hydrogens is 246 g/mol. The van der Waals surface area contributed by atoms with E-state index in [9.17, 15) is 0 Å². The summed E-state index contributed by atoms with van der Waals surface area (Å²) >= 11 is 5.04. The van der Waals surface area contributed by atoms with Crippen molar-refractivity contribution in [2.24, 2.45) is 0 Å². The molecule has 0 aliphatic carbocycles. The molecule has 1 aromatic heterocycles. The van der Waals surface area contributed by atoms with Crippen molar-refractivity contribution in [3.05, 3.63) is 27.7 Å². The standard InChI is InChI=1S/C8H6BrNS.C2H6/c1-5-3-2-4-6-7(5)10-8(9)11-6;1-2/h2-4H,1H3;1-2H3. The van der Waals surface area contributed by atoms with Crippen LogP contribution in [0.4, 0.5) is 0 Å². The number of hydrogen-bond acceptors (Lipinski definition) is 2. The van der Waals surface area contributed by atoms with Gasteiger partial charge in [0.05, 0.1) is 10.2 Å². The number of hydrogen-bond donors (Lipinski definition) is 0. The molecule has 0 amide bonds. The molecule has 1 aromatic carbocycles. The average Bonchev–Trinajstić information content (AvgIpc) is 2.51. The van der Waals surface area contributed by atoms with E-state index in [-0.39, 0.29) is 0 Å². The molecule has 0 atom stereocenters. The van der Waals surface area contributed by atoms with Gasteiger partial charge in [-0.25, -0.2) is 4.98 Å². The van der Waals surface area contributed by atoms with Gasteiger partial charge in [-0.1, -0.05) is 26.0 Å². The van der Waals surface area contributed by atoms with Crippen molar-refractivity contribution < 1.29 is 0 Å². The Kier molecular flexibility index (Phi) is 3.88. The number of rotatable bonds is 0. The summed E-state index contributed by atoms with van der Waals surface area (Å²) in [5.41, 5.74) is 2.36. The Morgan fingerprint density at radius 1 is 1.31 bits per heavy atom. The lowest BCUT2D eigenvalue weighted by Gasteiger charge is -1.90. The van der Waals surface area contributed by atoms with Gasteiger partial charge in [-0.3, -0.25) is 0 Å². The number of nitrogens with zero attached hydrogens (tertiary/aromatic N) is 1. The minimum Gasteiger partial charge on any atom is -0.229 e. The maximum atomic E-state index is 4.35. The summed E-state index contributed by atoms with van der Waals surface area (Å²) in [7, 11) is 0. The van der Waals surface area contributed by atoms with Gasteiger partial charge in [-0.15, -0.1) is 11.3 Å². The Morgan fingerprint density at radius 3 is 2.62 bits per heavy atom. The molecule has 0 radical (unpaired) electrons. The van der Waals surface area contributed by atoms with Crippen LogP contribution in [-0.2, 0) is 0 Å². The molecule has 0 saturated heterocycles. The number of benzene rings is 1. The maximum Gasteiger partial charge on any atom is 0.160 e. The normalized spacial score (nSPS) is 9.54. The molecule has 0 bridgehead atoms. The minimum absolute atomic E-state index is 0.960. The molecule has 2 aromatic rings. The summed E-state index contributed by atoms with van der Waals surface area (Å²) in [6, 6.07) is 6.22. The third kappa shape index (κ3) is 2.29. The second kappa shape index (κ2) is 4.72. The summed E-state index contributed by atoms with van der Waals surface area (Å²) in [6.45, 7) is 6.08. The first kappa shape index (κ1) is 10.7. The molecule has 0 N–H and O–H groups in total. The summed E-state index contributed by atoms with van der Waals surface area (Å²) in [4.78, 5) is 4.35. The van der Waals surface area contributed by atoms with Crippen LogP contribution in [0.5, 0.6) is 0 Å². The first-order valence-electron chi connectivity index (χ1n) is 4.29. The molecule has 0 fully saturated rings.